The first-order valence-electron chi connectivity index (χ1n) is 5.14. The zero-order valence-electron chi connectivity index (χ0n) is 9.30. The molecule has 0 aliphatic rings. The highest BCUT2D eigenvalue weighted by Gasteiger charge is 2.20. The lowest BCUT2D eigenvalue weighted by Crippen LogP contribution is -2.32. The van der Waals surface area contributed by atoms with E-state index in [-0.39, 0.29) is 17.8 Å². The van der Waals surface area contributed by atoms with Crippen molar-refractivity contribution in [2.75, 3.05) is 0 Å². The van der Waals surface area contributed by atoms with E-state index in [1.54, 1.807) is 6.07 Å². The minimum atomic E-state index is -0.226. The summed E-state index contributed by atoms with van der Waals surface area (Å²) in [7, 11) is 0. The molecule has 0 aliphatic heterocycles. The highest BCUT2D eigenvalue weighted by molar-refractivity contribution is 9.10. The lowest BCUT2D eigenvalue weighted by Gasteiger charge is -2.24. The molecule has 1 aromatic rings. The molecule has 0 heterocycles. The Labute approximate surface area is 99.0 Å². The Bertz CT molecular complexity index is 338. The van der Waals surface area contributed by atoms with E-state index in [2.05, 4.69) is 36.7 Å². The van der Waals surface area contributed by atoms with E-state index in [1.165, 1.54) is 12.1 Å². The van der Waals surface area contributed by atoms with Gasteiger partial charge in [0.2, 0.25) is 0 Å². The zero-order valence-corrected chi connectivity index (χ0v) is 10.9. The molecule has 1 nitrogen and oxygen atoms in total. The van der Waals surface area contributed by atoms with E-state index >= 15 is 0 Å². The smallest absolute Gasteiger partial charge is 0.124 e. The second kappa shape index (κ2) is 5.08. The fourth-order valence-electron chi connectivity index (χ4n) is 1.66. The Kier molecular flexibility index (Phi) is 4.29. The van der Waals surface area contributed by atoms with Crippen molar-refractivity contribution in [3.63, 3.8) is 0 Å². The van der Waals surface area contributed by atoms with Gasteiger partial charge in [-0.3, -0.25) is 0 Å². The first-order valence-corrected chi connectivity index (χ1v) is 5.93. The van der Waals surface area contributed by atoms with Crippen molar-refractivity contribution in [3.05, 3.63) is 34.1 Å². The SMILES string of the molecule is CC(C)C(N)C(C)c1ccc(F)cc1Br. The van der Waals surface area contributed by atoms with Crippen molar-refractivity contribution in [2.45, 2.75) is 32.7 Å². The van der Waals surface area contributed by atoms with Gasteiger partial charge in [0, 0.05) is 10.5 Å². The van der Waals surface area contributed by atoms with Crippen LogP contribution in [0.3, 0.4) is 0 Å². The number of benzene rings is 1. The van der Waals surface area contributed by atoms with Gasteiger partial charge in [-0.2, -0.15) is 0 Å². The van der Waals surface area contributed by atoms with Crippen LogP contribution < -0.4 is 5.73 Å². The molecule has 0 amide bonds. The van der Waals surface area contributed by atoms with Crippen molar-refractivity contribution in [2.24, 2.45) is 11.7 Å². The molecule has 15 heavy (non-hydrogen) atoms. The molecule has 0 aliphatic carbocycles. The molecule has 2 unspecified atom stereocenters. The first-order chi connectivity index (χ1) is 6.93. The summed E-state index contributed by atoms with van der Waals surface area (Å²) in [5.74, 6) is 0.410. The van der Waals surface area contributed by atoms with Gasteiger partial charge in [-0.05, 0) is 29.5 Å². The molecule has 0 aromatic heterocycles. The Balaban J connectivity index is 2.96. The molecule has 0 saturated heterocycles. The largest absolute Gasteiger partial charge is 0.327 e. The summed E-state index contributed by atoms with van der Waals surface area (Å²) >= 11 is 3.37. The number of nitrogens with two attached hydrogens (primary N) is 1. The maximum atomic E-state index is 12.9. The number of hydrogen-bond acceptors (Lipinski definition) is 1. The van der Waals surface area contributed by atoms with Crippen LogP contribution in [0.15, 0.2) is 22.7 Å². The summed E-state index contributed by atoms with van der Waals surface area (Å²) in [5.41, 5.74) is 7.15. The number of hydrogen-bond donors (Lipinski definition) is 1. The second-order valence-electron chi connectivity index (χ2n) is 4.28. The standard InChI is InChI=1S/C12H17BrFN/c1-7(2)12(15)8(3)10-5-4-9(14)6-11(10)13/h4-8,12H,15H2,1-3H3. The molecule has 0 bridgehead atoms. The third-order valence-electron chi connectivity index (χ3n) is 2.80. The van der Waals surface area contributed by atoms with E-state index in [9.17, 15) is 4.39 Å². The molecule has 0 spiro atoms. The summed E-state index contributed by atoms with van der Waals surface area (Å²) in [6, 6.07) is 4.85. The van der Waals surface area contributed by atoms with E-state index in [0.717, 1.165) is 10.0 Å². The molecule has 3 heteroatoms. The number of halogens is 2. The quantitative estimate of drug-likeness (QED) is 0.894. The molecule has 84 valence electrons. The molecule has 1 aromatic carbocycles. The first kappa shape index (κ1) is 12.7. The van der Waals surface area contributed by atoms with Crippen molar-refractivity contribution in [1.82, 2.24) is 0 Å². The van der Waals surface area contributed by atoms with Gasteiger partial charge in [0.05, 0.1) is 0 Å². The van der Waals surface area contributed by atoms with Gasteiger partial charge in [0.25, 0.3) is 0 Å². The van der Waals surface area contributed by atoms with Gasteiger partial charge >= 0.3 is 0 Å². The van der Waals surface area contributed by atoms with Crippen LogP contribution in [0.5, 0.6) is 0 Å². The van der Waals surface area contributed by atoms with Crippen LogP contribution >= 0.6 is 15.9 Å². The monoisotopic (exact) mass is 273 g/mol. The Morgan fingerprint density at radius 3 is 2.33 bits per heavy atom. The normalized spacial score (nSPS) is 15.4. The summed E-state index contributed by atoms with van der Waals surface area (Å²) < 4.78 is 13.7. The van der Waals surface area contributed by atoms with Gasteiger partial charge in [-0.15, -0.1) is 0 Å². The van der Waals surface area contributed by atoms with Crippen molar-refractivity contribution in [1.29, 1.82) is 0 Å². The highest BCUT2D eigenvalue weighted by atomic mass is 79.9. The third-order valence-corrected chi connectivity index (χ3v) is 3.49. The molecule has 2 N–H and O–H groups in total. The minimum absolute atomic E-state index is 0.0896. The Morgan fingerprint density at radius 1 is 1.27 bits per heavy atom. The van der Waals surface area contributed by atoms with Gasteiger partial charge in [0.1, 0.15) is 5.82 Å². The maximum Gasteiger partial charge on any atom is 0.124 e. The van der Waals surface area contributed by atoms with Crippen LogP contribution in [0.4, 0.5) is 4.39 Å². The minimum Gasteiger partial charge on any atom is -0.327 e. The molecular weight excluding hydrogens is 257 g/mol. The molecular formula is C12H17BrFN. The van der Waals surface area contributed by atoms with Gasteiger partial charge in [-0.1, -0.05) is 42.8 Å². The predicted octanol–water partition coefficient (Wildman–Crippen LogP) is 3.68. The molecule has 1 rings (SSSR count). The van der Waals surface area contributed by atoms with Gasteiger partial charge < -0.3 is 5.73 Å². The molecule has 0 saturated carbocycles. The van der Waals surface area contributed by atoms with E-state index in [0.29, 0.717) is 5.92 Å². The topological polar surface area (TPSA) is 26.0 Å². The lowest BCUT2D eigenvalue weighted by molar-refractivity contribution is 0.433. The fourth-order valence-corrected chi connectivity index (χ4v) is 2.37. The Hall–Kier alpha value is -0.410. The Morgan fingerprint density at radius 2 is 1.87 bits per heavy atom. The number of rotatable bonds is 3. The van der Waals surface area contributed by atoms with Crippen molar-refractivity contribution in [3.8, 4) is 0 Å². The lowest BCUT2D eigenvalue weighted by atomic mass is 9.87. The molecule has 0 fully saturated rings. The van der Waals surface area contributed by atoms with E-state index in [4.69, 9.17) is 5.73 Å². The van der Waals surface area contributed by atoms with Crippen molar-refractivity contribution >= 4 is 15.9 Å². The average Bonchev–Trinajstić information content (AvgIpc) is 2.15. The van der Waals surface area contributed by atoms with Crippen LogP contribution in [0.25, 0.3) is 0 Å². The van der Waals surface area contributed by atoms with Crippen LogP contribution in [0.2, 0.25) is 0 Å². The predicted molar refractivity (Wildman–Crippen MR) is 65.3 cm³/mol. The summed E-state index contributed by atoms with van der Waals surface area (Å²) in [6.45, 7) is 6.26. The van der Waals surface area contributed by atoms with E-state index < -0.39 is 0 Å². The summed E-state index contributed by atoms with van der Waals surface area (Å²) in [6.07, 6.45) is 0. The summed E-state index contributed by atoms with van der Waals surface area (Å²) in [4.78, 5) is 0. The van der Waals surface area contributed by atoms with Crippen LogP contribution in [0.1, 0.15) is 32.3 Å². The third kappa shape index (κ3) is 3.02. The second-order valence-corrected chi connectivity index (χ2v) is 5.13. The van der Waals surface area contributed by atoms with Gasteiger partial charge in [0.15, 0.2) is 0 Å². The van der Waals surface area contributed by atoms with Crippen LogP contribution in [-0.2, 0) is 0 Å². The molecule has 0 radical (unpaired) electrons. The van der Waals surface area contributed by atoms with Crippen molar-refractivity contribution < 1.29 is 4.39 Å². The van der Waals surface area contributed by atoms with Crippen LogP contribution in [-0.4, -0.2) is 6.04 Å². The maximum absolute atomic E-state index is 12.9. The average molecular weight is 274 g/mol. The van der Waals surface area contributed by atoms with Crippen LogP contribution in [0, 0.1) is 11.7 Å². The fraction of sp³-hybridized carbons (Fsp3) is 0.500. The van der Waals surface area contributed by atoms with E-state index in [1.807, 2.05) is 0 Å². The highest BCUT2D eigenvalue weighted by Crippen LogP contribution is 2.29. The summed E-state index contributed by atoms with van der Waals surface area (Å²) in [5, 5.41) is 0. The molecule has 2 atom stereocenters. The zero-order chi connectivity index (χ0) is 11.6. The van der Waals surface area contributed by atoms with Gasteiger partial charge in [-0.25, -0.2) is 4.39 Å².